The number of rotatable bonds is 8. The van der Waals surface area contributed by atoms with Crippen molar-refractivity contribution < 1.29 is 5.11 Å². The lowest BCUT2D eigenvalue weighted by Crippen LogP contribution is -2.00. The van der Waals surface area contributed by atoms with Crippen LogP contribution in [0.15, 0.2) is 47.9 Å². The fourth-order valence-electron chi connectivity index (χ4n) is 2.66. The number of fused-ring (bicyclic) bond motifs is 1. The monoisotopic (exact) mass is 391 g/mol. The standard InChI is InChI=1S/C21H25N7O/c1-14(2)15-9-21(28-25-13-15)27-20-5-4-18-19(26-20)8-16(12-24-18)17(10-22)11-23-6-3-7-29/h4-5,8-14,29H,3,6-7,22H2,1-2H3,(H,26,27,28). The molecular weight excluding hydrogens is 366 g/mol. The van der Waals surface area contributed by atoms with Crippen LogP contribution in [0.25, 0.3) is 16.6 Å². The topological polar surface area (TPSA) is 122 Å². The SMILES string of the molecule is CC(C)c1cnnc(Nc2ccc3ncc(C(C=NCCCO)=CN)cc3n2)c1. The van der Waals surface area contributed by atoms with Gasteiger partial charge >= 0.3 is 0 Å². The fourth-order valence-corrected chi connectivity index (χ4v) is 2.66. The Morgan fingerprint density at radius 3 is 2.83 bits per heavy atom. The number of allylic oxidation sites excluding steroid dienone is 1. The van der Waals surface area contributed by atoms with E-state index in [1.807, 2.05) is 24.3 Å². The number of nitrogens with one attached hydrogen (secondary N) is 1. The lowest BCUT2D eigenvalue weighted by molar-refractivity contribution is 0.291. The molecule has 0 unspecified atom stereocenters. The second kappa shape index (κ2) is 9.70. The van der Waals surface area contributed by atoms with E-state index in [2.05, 4.69) is 44.3 Å². The Morgan fingerprint density at radius 1 is 1.21 bits per heavy atom. The number of nitrogens with two attached hydrogens (primary N) is 1. The third-order valence-corrected chi connectivity index (χ3v) is 4.32. The van der Waals surface area contributed by atoms with Gasteiger partial charge in [0.25, 0.3) is 0 Å². The van der Waals surface area contributed by atoms with E-state index in [1.54, 1.807) is 18.6 Å². The van der Waals surface area contributed by atoms with Crippen LogP contribution in [0.5, 0.6) is 0 Å². The molecule has 0 atom stereocenters. The predicted octanol–water partition coefficient (Wildman–Crippen LogP) is 3.04. The van der Waals surface area contributed by atoms with Crippen LogP contribution >= 0.6 is 0 Å². The molecule has 0 aliphatic carbocycles. The van der Waals surface area contributed by atoms with Gasteiger partial charge in [-0.15, -0.1) is 5.10 Å². The van der Waals surface area contributed by atoms with Crippen LogP contribution in [0.4, 0.5) is 11.6 Å². The number of nitrogens with zero attached hydrogens (tertiary/aromatic N) is 5. The quantitative estimate of drug-likeness (QED) is 0.398. The van der Waals surface area contributed by atoms with E-state index in [4.69, 9.17) is 10.8 Å². The van der Waals surface area contributed by atoms with Crippen molar-refractivity contribution in [3.63, 3.8) is 0 Å². The second-order valence-corrected chi connectivity index (χ2v) is 6.85. The summed E-state index contributed by atoms with van der Waals surface area (Å²) in [6.45, 7) is 4.87. The minimum atomic E-state index is 0.112. The molecule has 0 bridgehead atoms. The maximum atomic E-state index is 8.85. The molecule has 0 spiro atoms. The van der Waals surface area contributed by atoms with Crippen LogP contribution in [0.3, 0.4) is 0 Å². The van der Waals surface area contributed by atoms with Crippen LogP contribution in [-0.2, 0) is 0 Å². The number of pyridine rings is 2. The number of hydrogen-bond donors (Lipinski definition) is 3. The van der Waals surface area contributed by atoms with Crippen molar-refractivity contribution in [2.45, 2.75) is 26.2 Å². The van der Waals surface area contributed by atoms with Crippen molar-refractivity contribution in [1.82, 2.24) is 20.2 Å². The molecule has 3 aromatic heterocycles. The number of anilines is 2. The Morgan fingerprint density at radius 2 is 2.07 bits per heavy atom. The highest BCUT2D eigenvalue weighted by atomic mass is 16.3. The summed E-state index contributed by atoms with van der Waals surface area (Å²) in [5.41, 5.74) is 9.92. The van der Waals surface area contributed by atoms with Gasteiger partial charge in [-0.1, -0.05) is 13.8 Å². The highest BCUT2D eigenvalue weighted by Gasteiger charge is 2.07. The fraction of sp³-hybridized carbons (Fsp3) is 0.286. The molecule has 4 N–H and O–H groups in total. The Hall–Kier alpha value is -3.39. The summed E-state index contributed by atoms with van der Waals surface area (Å²) in [7, 11) is 0. The molecule has 0 saturated heterocycles. The smallest absolute Gasteiger partial charge is 0.154 e. The van der Waals surface area contributed by atoms with Crippen LogP contribution in [0, 0.1) is 0 Å². The number of aliphatic imine (C=N–C) groups is 1. The molecule has 8 nitrogen and oxygen atoms in total. The van der Waals surface area contributed by atoms with Gasteiger partial charge in [0, 0.05) is 42.9 Å². The van der Waals surface area contributed by atoms with Gasteiger partial charge in [0.2, 0.25) is 0 Å². The van der Waals surface area contributed by atoms with Crippen molar-refractivity contribution in [2.75, 3.05) is 18.5 Å². The van der Waals surface area contributed by atoms with E-state index in [1.165, 1.54) is 6.20 Å². The maximum Gasteiger partial charge on any atom is 0.154 e. The number of hydrogen-bond acceptors (Lipinski definition) is 8. The van der Waals surface area contributed by atoms with Crippen molar-refractivity contribution in [3.8, 4) is 0 Å². The first-order chi connectivity index (χ1) is 14.1. The van der Waals surface area contributed by atoms with E-state index in [0.29, 0.717) is 30.5 Å². The van der Waals surface area contributed by atoms with E-state index in [0.717, 1.165) is 27.7 Å². The summed E-state index contributed by atoms with van der Waals surface area (Å²) in [6, 6.07) is 7.64. The minimum Gasteiger partial charge on any atom is -0.404 e. The minimum absolute atomic E-state index is 0.112. The average molecular weight is 391 g/mol. The van der Waals surface area contributed by atoms with Crippen LogP contribution in [0.1, 0.15) is 37.3 Å². The molecular formula is C21H25N7O. The molecule has 3 aromatic rings. The summed E-state index contributed by atoms with van der Waals surface area (Å²) in [5, 5.41) is 20.2. The molecule has 0 amide bonds. The lowest BCUT2D eigenvalue weighted by Gasteiger charge is -2.09. The maximum absolute atomic E-state index is 8.85. The van der Waals surface area contributed by atoms with Gasteiger partial charge in [-0.25, -0.2) is 4.98 Å². The van der Waals surface area contributed by atoms with E-state index < -0.39 is 0 Å². The first-order valence-corrected chi connectivity index (χ1v) is 9.50. The lowest BCUT2D eigenvalue weighted by atomic mass is 10.1. The molecule has 0 aliphatic heterocycles. The molecule has 3 heterocycles. The first kappa shape index (κ1) is 20.3. The van der Waals surface area contributed by atoms with Crippen LogP contribution < -0.4 is 11.1 Å². The summed E-state index contributed by atoms with van der Waals surface area (Å²) in [5.74, 6) is 1.66. The van der Waals surface area contributed by atoms with Gasteiger partial charge in [0.05, 0.1) is 17.2 Å². The van der Waals surface area contributed by atoms with Crippen LogP contribution in [-0.4, -0.2) is 44.6 Å². The first-order valence-electron chi connectivity index (χ1n) is 9.50. The van der Waals surface area contributed by atoms with Crippen molar-refractivity contribution >= 4 is 34.5 Å². The molecule has 150 valence electrons. The largest absolute Gasteiger partial charge is 0.404 e. The van der Waals surface area contributed by atoms with Crippen molar-refractivity contribution in [3.05, 3.63) is 54.0 Å². The van der Waals surface area contributed by atoms with E-state index >= 15 is 0 Å². The van der Waals surface area contributed by atoms with Gasteiger partial charge < -0.3 is 16.2 Å². The Labute approximate surface area is 169 Å². The molecule has 8 heteroatoms. The van der Waals surface area contributed by atoms with Gasteiger partial charge in [-0.3, -0.25) is 9.98 Å². The van der Waals surface area contributed by atoms with E-state index in [9.17, 15) is 0 Å². The summed E-state index contributed by atoms with van der Waals surface area (Å²) in [4.78, 5) is 13.4. The number of aromatic nitrogens is 4. The molecule has 0 fully saturated rings. The third kappa shape index (κ3) is 5.32. The molecule has 0 aliphatic rings. The van der Waals surface area contributed by atoms with Gasteiger partial charge in [0.1, 0.15) is 5.82 Å². The zero-order chi connectivity index (χ0) is 20.6. The Bertz CT molecular complexity index is 1030. The van der Waals surface area contributed by atoms with Crippen LogP contribution in [0.2, 0.25) is 0 Å². The zero-order valence-electron chi connectivity index (χ0n) is 16.6. The highest BCUT2D eigenvalue weighted by Crippen LogP contribution is 2.21. The average Bonchev–Trinajstić information content (AvgIpc) is 2.73. The van der Waals surface area contributed by atoms with Gasteiger partial charge in [0.15, 0.2) is 5.82 Å². The van der Waals surface area contributed by atoms with Crippen molar-refractivity contribution in [2.24, 2.45) is 10.7 Å². The van der Waals surface area contributed by atoms with E-state index in [-0.39, 0.29) is 6.61 Å². The number of aliphatic hydroxyl groups excluding tert-OH is 1. The highest BCUT2D eigenvalue weighted by molar-refractivity contribution is 6.10. The summed E-state index contributed by atoms with van der Waals surface area (Å²) >= 11 is 0. The Balaban J connectivity index is 1.85. The molecule has 0 radical (unpaired) electrons. The molecule has 0 saturated carbocycles. The Kier molecular flexibility index (Phi) is 6.80. The molecule has 3 rings (SSSR count). The van der Waals surface area contributed by atoms with Gasteiger partial charge in [-0.05, 0) is 42.2 Å². The van der Waals surface area contributed by atoms with Gasteiger partial charge in [-0.2, -0.15) is 5.10 Å². The number of aliphatic hydroxyl groups is 1. The summed E-state index contributed by atoms with van der Waals surface area (Å²) < 4.78 is 0. The summed E-state index contributed by atoms with van der Waals surface area (Å²) in [6.07, 6.45) is 7.30. The molecule has 29 heavy (non-hydrogen) atoms. The third-order valence-electron chi connectivity index (χ3n) is 4.32. The predicted molar refractivity (Wildman–Crippen MR) is 116 cm³/mol. The second-order valence-electron chi connectivity index (χ2n) is 6.85. The normalized spacial score (nSPS) is 12.2. The van der Waals surface area contributed by atoms with Crippen molar-refractivity contribution in [1.29, 1.82) is 0 Å². The zero-order valence-corrected chi connectivity index (χ0v) is 16.6. The molecule has 0 aromatic carbocycles.